The number of amides is 2. The SMILES string of the molecule is CCn1c(SCC(=O)Nc2ncc(C)s2)nnc1[C@H](NC(=O)c1ccc(Cl)cc1Cl)C(C)C. The number of hydrogen-bond donors (Lipinski definition) is 2. The normalized spacial score (nSPS) is 12.1. The van der Waals surface area contributed by atoms with E-state index in [-0.39, 0.29) is 28.5 Å². The molecule has 1 atom stereocenters. The van der Waals surface area contributed by atoms with Crippen LogP contribution in [0.1, 0.15) is 47.9 Å². The summed E-state index contributed by atoms with van der Waals surface area (Å²) in [5, 5.41) is 16.3. The minimum Gasteiger partial charge on any atom is -0.342 e. The van der Waals surface area contributed by atoms with Crippen molar-refractivity contribution in [2.45, 2.75) is 45.4 Å². The number of nitrogens with one attached hydrogen (secondary N) is 2. The summed E-state index contributed by atoms with van der Waals surface area (Å²) in [5.41, 5.74) is 0.331. The van der Waals surface area contributed by atoms with Crippen LogP contribution in [-0.2, 0) is 11.3 Å². The second-order valence-corrected chi connectivity index (χ2v) is 10.5. The van der Waals surface area contributed by atoms with Gasteiger partial charge in [-0.3, -0.25) is 9.59 Å². The summed E-state index contributed by atoms with van der Waals surface area (Å²) in [6.07, 6.45) is 1.71. The molecule has 0 aliphatic heterocycles. The molecule has 0 aliphatic carbocycles. The summed E-state index contributed by atoms with van der Waals surface area (Å²) >= 11 is 14.8. The van der Waals surface area contributed by atoms with Gasteiger partial charge in [0.05, 0.1) is 22.4 Å². The number of rotatable bonds is 9. The van der Waals surface area contributed by atoms with Gasteiger partial charge in [0.1, 0.15) is 0 Å². The highest BCUT2D eigenvalue weighted by atomic mass is 35.5. The molecule has 0 fully saturated rings. The van der Waals surface area contributed by atoms with E-state index in [0.29, 0.717) is 33.2 Å². The summed E-state index contributed by atoms with van der Waals surface area (Å²) in [5.74, 6) is 0.310. The van der Waals surface area contributed by atoms with Crippen LogP contribution in [0, 0.1) is 12.8 Å². The quantitative estimate of drug-likeness (QED) is 0.370. The first-order valence-electron chi connectivity index (χ1n) is 10.2. The second-order valence-electron chi connectivity index (χ2n) is 7.52. The first kappa shape index (κ1) is 25.5. The Hall–Kier alpha value is -2.14. The van der Waals surface area contributed by atoms with Gasteiger partial charge in [-0.05, 0) is 38.0 Å². The lowest BCUT2D eigenvalue weighted by Crippen LogP contribution is -2.34. The maximum absolute atomic E-state index is 12.9. The standard InChI is InChI=1S/C21H24Cl2N6O2S2/c1-5-29-18(17(11(2)3)26-19(31)14-7-6-13(22)8-15(14)23)27-28-21(29)32-10-16(30)25-20-24-9-12(4)33-20/h6-9,11,17H,5,10H2,1-4H3,(H,26,31)(H,24,25,30)/t17-/m1/s1. The van der Waals surface area contributed by atoms with E-state index in [1.54, 1.807) is 18.3 Å². The van der Waals surface area contributed by atoms with Crippen molar-refractivity contribution >= 4 is 63.2 Å². The Bertz CT molecular complexity index is 1150. The van der Waals surface area contributed by atoms with Gasteiger partial charge in [-0.25, -0.2) is 4.98 Å². The van der Waals surface area contributed by atoms with Crippen molar-refractivity contribution < 1.29 is 9.59 Å². The second kappa shape index (κ2) is 11.3. The molecule has 8 nitrogen and oxygen atoms in total. The van der Waals surface area contributed by atoms with E-state index in [1.165, 1.54) is 29.2 Å². The number of hydrogen-bond acceptors (Lipinski definition) is 7. The van der Waals surface area contributed by atoms with E-state index in [4.69, 9.17) is 23.2 Å². The zero-order valence-corrected chi connectivity index (χ0v) is 21.7. The van der Waals surface area contributed by atoms with Crippen LogP contribution >= 0.6 is 46.3 Å². The Balaban J connectivity index is 1.73. The van der Waals surface area contributed by atoms with Gasteiger partial charge >= 0.3 is 0 Å². The number of aromatic nitrogens is 4. The molecule has 2 amide bonds. The first-order chi connectivity index (χ1) is 15.7. The number of anilines is 1. The van der Waals surface area contributed by atoms with Gasteiger partial charge in [0, 0.05) is 22.6 Å². The third-order valence-electron chi connectivity index (χ3n) is 4.67. The van der Waals surface area contributed by atoms with Gasteiger partial charge in [-0.15, -0.1) is 21.5 Å². The highest BCUT2D eigenvalue weighted by Gasteiger charge is 2.27. The van der Waals surface area contributed by atoms with E-state index in [2.05, 4.69) is 25.8 Å². The number of halogens is 2. The van der Waals surface area contributed by atoms with Crippen molar-refractivity contribution in [1.29, 1.82) is 0 Å². The maximum Gasteiger partial charge on any atom is 0.253 e. The third-order valence-corrected chi connectivity index (χ3v) is 7.01. The fourth-order valence-corrected chi connectivity index (χ4v) is 5.04. The van der Waals surface area contributed by atoms with E-state index in [0.717, 1.165) is 4.88 Å². The smallest absolute Gasteiger partial charge is 0.253 e. The van der Waals surface area contributed by atoms with Crippen LogP contribution < -0.4 is 10.6 Å². The highest BCUT2D eigenvalue weighted by Crippen LogP contribution is 2.27. The van der Waals surface area contributed by atoms with E-state index < -0.39 is 6.04 Å². The zero-order valence-electron chi connectivity index (χ0n) is 18.6. The molecule has 3 rings (SSSR count). The van der Waals surface area contributed by atoms with Crippen molar-refractivity contribution in [2.75, 3.05) is 11.1 Å². The fraction of sp³-hybridized carbons (Fsp3) is 0.381. The number of thioether (sulfide) groups is 1. The molecule has 12 heteroatoms. The van der Waals surface area contributed by atoms with Gasteiger partial charge in [0.15, 0.2) is 16.1 Å². The summed E-state index contributed by atoms with van der Waals surface area (Å²) in [6.45, 7) is 8.44. The molecule has 0 unspecified atom stereocenters. The predicted octanol–water partition coefficient (Wildman–Crippen LogP) is 5.23. The van der Waals surface area contributed by atoms with Crippen molar-refractivity contribution in [3.8, 4) is 0 Å². The van der Waals surface area contributed by atoms with Crippen molar-refractivity contribution in [2.24, 2.45) is 5.92 Å². The topological polar surface area (TPSA) is 102 Å². The number of thiazole rings is 1. The predicted molar refractivity (Wildman–Crippen MR) is 133 cm³/mol. The first-order valence-corrected chi connectivity index (χ1v) is 12.8. The van der Waals surface area contributed by atoms with Crippen LogP contribution in [0.15, 0.2) is 29.6 Å². The highest BCUT2D eigenvalue weighted by molar-refractivity contribution is 7.99. The summed E-state index contributed by atoms with van der Waals surface area (Å²) in [4.78, 5) is 30.4. The molecule has 176 valence electrons. The van der Waals surface area contributed by atoms with Crippen LogP contribution in [0.2, 0.25) is 10.0 Å². The van der Waals surface area contributed by atoms with E-state index in [9.17, 15) is 9.59 Å². The van der Waals surface area contributed by atoms with Crippen LogP contribution in [0.25, 0.3) is 0 Å². The fourth-order valence-electron chi connectivity index (χ4n) is 3.05. The van der Waals surface area contributed by atoms with Gasteiger partial charge in [0.2, 0.25) is 5.91 Å². The zero-order chi connectivity index (χ0) is 24.1. The Morgan fingerprint density at radius 1 is 1.24 bits per heavy atom. The molecule has 0 radical (unpaired) electrons. The lowest BCUT2D eigenvalue weighted by atomic mass is 10.0. The molecular weight excluding hydrogens is 503 g/mol. The Morgan fingerprint density at radius 3 is 2.61 bits per heavy atom. The molecule has 33 heavy (non-hydrogen) atoms. The average Bonchev–Trinajstić information content (AvgIpc) is 3.35. The van der Waals surface area contributed by atoms with Gasteiger partial charge in [-0.2, -0.15) is 0 Å². The van der Waals surface area contributed by atoms with Crippen molar-refractivity contribution in [1.82, 2.24) is 25.1 Å². The number of carbonyl (C=O) groups excluding carboxylic acids is 2. The summed E-state index contributed by atoms with van der Waals surface area (Å²) in [6, 6.07) is 4.34. The average molecular weight is 528 g/mol. The summed E-state index contributed by atoms with van der Waals surface area (Å²) in [7, 11) is 0. The number of nitrogens with zero attached hydrogens (tertiary/aromatic N) is 4. The van der Waals surface area contributed by atoms with E-state index in [1.807, 2.05) is 32.3 Å². The largest absolute Gasteiger partial charge is 0.342 e. The molecule has 0 spiro atoms. The number of benzene rings is 1. The number of aryl methyl sites for hydroxylation is 1. The van der Waals surface area contributed by atoms with Crippen LogP contribution in [0.5, 0.6) is 0 Å². The molecule has 0 saturated heterocycles. The maximum atomic E-state index is 12.9. The van der Waals surface area contributed by atoms with Gasteiger partial charge in [0.25, 0.3) is 5.91 Å². The molecule has 0 aliphatic rings. The Morgan fingerprint density at radius 2 is 2.00 bits per heavy atom. The molecule has 2 heterocycles. The summed E-state index contributed by atoms with van der Waals surface area (Å²) < 4.78 is 1.90. The Kier molecular flexibility index (Phi) is 8.75. The van der Waals surface area contributed by atoms with Crippen LogP contribution in [0.4, 0.5) is 5.13 Å². The Labute approximate surface area is 210 Å². The molecule has 1 aromatic carbocycles. The monoisotopic (exact) mass is 526 g/mol. The van der Waals surface area contributed by atoms with Crippen LogP contribution in [-0.4, -0.2) is 37.3 Å². The number of carbonyl (C=O) groups is 2. The molecule has 0 saturated carbocycles. The van der Waals surface area contributed by atoms with Gasteiger partial charge < -0.3 is 15.2 Å². The lowest BCUT2D eigenvalue weighted by molar-refractivity contribution is -0.113. The molecule has 0 bridgehead atoms. The minimum absolute atomic E-state index is 0.0313. The third kappa shape index (κ3) is 6.47. The molecular formula is C21H24Cl2N6O2S2. The van der Waals surface area contributed by atoms with Crippen LogP contribution in [0.3, 0.4) is 0 Å². The van der Waals surface area contributed by atoms with E-state index >= 15 is 0 Å². The molecule has 2 aromatic heterocycles. The molecule has 2 N–H and O–H groups in total. The minimum atomic E-state index is -0.404. The molecule has 3 aromatic rings. The lowest BCUT2D eigenvalue weighted by Gasteiger charge is -2.22. The van der Waals surface area contributed by atoms with Crippen molar-refractivity contribution in [3.63, 3.8) is 0 Å². The van der Waals surface area contributed by atoms with Crippen molar-refractivity contribution in [3.05, 3.63) is 50.7 Å². The van der Waals surface area contributed by atoms with Gasteiger partial charge in [-0.1, -0.05) is 48.8 Å².